The standard InChI is InChI=1S/C13H23N3O/c1-2-3-8-15-13(17)12-6-4-9-16(11-12)10-5-7-14/h12H,2-6,8-11H2,1H3,(H,15,17). The van der Waals surface area contributed by atoms with Crippen LogP contribution in [-0.4, -0.2) is 37.0 Å². The Kier molecular flexibility index (Phi) is 6.64. The van der Waals surface area contributed by atoms with E-state index in [1.54, 1.807) is 0 Å². The van der Waals surface area contributed by atoms with E-state index in [1.807, 2.05) is 0 Å². The molecule has 0 spiro atoms. The van der Waals surface area contributed by atoms with Crippen molar-refractivity contribution in [3.63, 3.8) is 0 Å². The molecule has 4 nitrogen and oxygen atoms in total. The molecule has 1 unspecified atom stereocenters. The Morgan fingerprint density at radius 3 is 3.12 bits per heavy atom. The zero-order chi connectivity index (χ0) is 12.5. The Bertz CT molecular complexity index is 272. The number of piperidine rings is 1. The molecule has 1 saturated heterocycles. The first kappa shape index (κ1) is 14.0. The van der Waals surface area contributed by atoms with Crippen LogP contribution in [0.3, 0.4) is 0 Å². The molecule has 17 heavy (non-hydrogen) atoms. The maximum Gasteiger partial charge on any atom is 0.224 e. The van der Waals surface area contributed by atoms with E-state index < -0.39 is 0 Å². The lowest BCUT2D eigenvalue weighted by Gasteiger charge is -2.31. The Morgan fingerprint density at radius 1 is 1.59 bits per heavy atom. The first-order valence-electron chi connectivity index (χ1n) is 6.65. The molecule has 1 aliphatic rings. The fourth-order valence-corrected chi connectivity index (χ4v) is 2.21. The largest absolute Gasteiger partial charge is 0.356 e. The highest BCUT2D eigenvalue weighted by molar-refractivity contribution is 5.78. The zero-order valence-electron chi connectivity index (χ0n) is 10.7. The van der Waals surface area contributed by atoms with Crippen molar-refractivity contribution in [2.24, 2.45) is 5.92 Å². The molecule has 0 saturated carbocycles. The number of carbonyl (C=O) groups excluding carboxylic acids is 1. The average Bonchev–Trinajstić information content (AvgIpc) is 2.37. The summed E-state index contributed by atoms with van der Waals surface area (Å²) in [5.41, 5.74) is 0. The second-order valence-electron chi connectivity index (χ2n) is 4.69. The van der Waals surface area contributed by atoms with Crippen molar-refractivity contribution in [2.75, 3.05) is 26.2 Å². The number of carbonyl (C=O) groups is 1. The normalized spacial score (nSPS) is 20.8. The van der Waals surface area contributed by atoms with Gasteiger partial charge in [0.05, 0.1) is 12.0 Å². The maximum atomic E-state index is 11.9. The van der Waals surface area contributed by atoms with Crippen molar-refractivity contribution >= 4 is 5.91 Å². The molecule has 0 aliphatic carbocycles. The second kappa shape index (κ2) is 8.08. The van der Waals surface area contributed by atoms with Crippen LogP contribution in [0.1, 0.15) is 39.0 Å². The summed E-state index contributed by atoms with van der Waals surface area (Å²) in [6, 6.07) is 2.16. The van der Waals surface area contributed by atoms with Crippen LogP contribution in [0.2, 0.25) is 0 Å². The van der Waals surface area contributed by atoms with E-state index in [1.165, 1.54) is 0 Å². The van der Waals surface area contributed by atoms with Gasteiger partial charge in [-0.15, -0.1) is 0 Å². The molecule has 0 aromatic rings. The van der Waals surface area contributed by atoms with Crippen LogP contribution in [0.5, 0.6) is 0 Å². The summed E-state index contributed by atoms with van der Waals surface area (Å²) in [4.78, 5) is 14.1. The summed E-state index contributed by atoms with van der Waals surface area (Å²) in [7, 11) is 0. The van der Waals surface area contributed by atoms with Gasteiger partial charge >= 0.3 is 0 Å². The maximum absolute atomic E-state index is 11.9. The molecule has 0 aromatic heterocycles. The number of amides is 1. The Morgan fingerprint density at radius 2 is 2.41 bits per heavy atom. The highest BCUT2D eigenvalue weighted by Gasteiger charge is 2.24. The number of nitrogens with zero attached hydrogens (tertiary/aromatic N) is 2. The Hall–Kier alpha value is -1.08. The van der Waals surface area contributed by atoms with Gasteiger partial charge in [-0.2, -0.15) is 5.26 Å². The van der Waals surface area contributed by atoms with Crippen LogP contribution in [0, 0.1) is 17.2 Å². The molecule has 1 N–H and O–H groups in total. The summed E-state index contributed by atoms with van der Waals surface area (Å²) >= 11 is 0. The number of nitrogens with one attached hydrogen (secondary N) is 1. The van der Waals surface area contributed by atoms with Gasteiger partial charge in [-0.3, -0.25) is 4.79 Å². The molecule has 4 heteroatoms. The highest BCUT2D eigenvalue weighted by Crippen LogP contribution is 2.16. The smallest absolute Gasteiger partial charge is 0.224 e. The molecule has 0 radical (unpaired) electrons. The van der Waals surface area contributed by atoms with Gasteiger partial charge in [0.1, 0.15) is 0 Å². The third-order valence-corrected chi connectivity index (χ3v) is 3.25. The predicted molar refractivity (Wildman–Crippen MR) is 67.3 cm³/mol. The third-order valence-electron chi connectivity index (χ3n) is 3.25. The first-order chi connectivity index (χ1) is 8.27. The zero-order valence-corrected chi connectivity index (χ0v) is 10.7. The summed E-state index contributed by atoms with van der Waals surface area (Å²) in [5, 5.41) is 11.6. The molecule has 1 fully saturated rings. The van der Waals surface area contributed by atoms with Crippen molar-refractivity contribution in [1.29, 1.82) is 5.26 Å². The van der Waals surface area contributed by atoms with Gasteiger partial charge < -0.3 is 10.2 Å². The molecule has 1 atom stereocenters. The van der Waals surface area contributed by atoms with Crippen LogP contribution in [0.4, 0.5) is 0 Å². The lowest BCUT2D eigenvalue weighted by Crippen LogP contribution is -2.43. The van der Waals surface area contributed by atoms with Crippen molar-refractivity contribution in [3.8, 4) is 6.07 Å². The van der Waals surface area contributed by atoms with Crippen molar-refractivity contribution in [1.82, 2.24) is 10.2 Å². The van der Waals surface area contributed by atoms with Crippen LogP contribution < -0.4 is 5.32 Å². The third kappa shape index (κ3) is 5.18. The van der Waals surface area contributed by atoms with E-state index in [9.17, 15) is 4.79 Å². The second-order valence-corrected chi connectivity index (χ2v) is 4.69. The molecule has 1 rings (SSSR count). The fourth-order valence-electron chi connectivity index (χ4n) is 2.21. The van der Waals surface area contributed by atoms with E-state index in [0.29, 0.717) is 6.42 Å². The molecule has 1 amide bonds. The summed E-state index contributed by atoms with van der Waals surface area (Å²) in [5.74, 6) is 0.319. The van der Waals surface area contributed by atoms with E-state index in [4.69, 9.17) is 5.26 Å². The van der Waals surface area contributed by atoms with Gasteiger partial charge in [0.15, 0.2) is 0 Å². The minimum absolute atomic E-state index is 0.124. The molecule has 0 bridgehead atoms. The van der Waals surface area contributed by atoms with Gasteiger partial charge in [-0.1, -0.05) is 13.3 Å². The van der Waals surface area contributed by atoms with Gasteiger partial charge in [0.2, 0.25) is 5.91 Å². The molecule has 96 valence electrons. The van der Waals surface area contributed by atoms with E-state index >= 15 is 0 Å². The van der Waals surface area contributed by atoms with Gasteiger partial charge in [0.25, 0.3) is 0 Å². The van der Waals surface area contributed by atoms with Crippen molar-refractivity contribution < 1.29 is 4.79 Å². The Labute approximate surface area is 104 Å². The number of nitriles is 1. The Balaban J connectivity index is 2.28. The monoisotopic (exact) mass is 237 g/mol. The van der Waals surface area contributed by atoms with Gasteiger partial charge in [-0.25, -0.2) is 0 Å². The average molecular weight is 237 g/mol. The number of rotatable bonds is 6. The molecule has 1 aliphatic heterocycles. The quantitative estimate of drug-likeness (QED) is 0.713. The molecular weight excluding hydrogens is 214 g/mol. The van der Waals surface area contributed by atoms with Crippen molar-refractivity contribution in [3.05, 3.63) is 0 Å². The fraction of sp³-hybridized carbons (Fsp3) is 0.846. The van der Waals surface area contributed by atoms with E-state index in [0.717, 1.165) is 51.9 Å². The predicted octanol–water partition coefficient (Wildman–Crippen LogP) is 1.53. The highest BCUT2D eigenvalue weighted by atomic mass is 16.1. The van der Waals surface area contributed by atoms with E-state index in [2.05, 4.69) is 23.2 Å². The van der Waals surface area contributed by atoms with Crippen molar-refractivity contribution in [2.45, 2.75) is 39.0 Å². The van der Waals surface area contributed by atoms with Gasteiger partial charge in [-0.05, 0) is 25.8 Å². The summed E-state index contributed by atoms with van der Waals surface area (Å²) < 4.78 is 0. The number of likely N-dealkylation sites (tertiary alicyclic amines) is 1. The molecule has 0 aromatic carbocycles. The topological polar surface area (TPSA) is 56.1 Å². The number of hydrogen-bond acceptors (Lipinski definition) is 3. The van der Waals surface area contributed by atoms with Crippen LogP contribution in [0.25, 0.3) is 0 Å². The minimum Gasteiger partial charge on any atom is -0.356 e. The number of hydrogen-bond donors (Lipinski definition) is 1. The SMILES string of the molecule is CCCCNC(=O)C1CCCN(CCC#N)C1. The van der Waals surface area contributed by atoms with Gasteiger partial charge in [0, 0.05) is 26.1 Å². The van der Waals surface area contributed by atoms with Crippen LogP contribution in [-0.2, 0) is 4.79 Å². The van der Waals surface area contributed by atoms with E-state index in [-0.39, 0.29) is 11.8 Å². The lowest BCUT2D eigenvalue weighted by molar-refractivity contribution is -0.126. The number of unbranched alkanes of at least 4 members (excludes halogenated alkanes) is 1. The molecule has 1 heterocycles. The minimum atomic E-state index is 0.124. The van der Waals surface area contributed by atoms with Crippen LogP contribution >= 0.6 is 0 Å². The van der Waals surface area contributed by atoms with Crippen LogP contribution in [0.15, 0.2) is 0 Å². The summed E-state index contributed by atoms with van der Waals surface area (Å²) in [6.45, 7) is 5.57. The first-order valence-corrected chi connectivity index (χ1v) is 6.65. The lowest BCUT2D eigenvalue weighted by atomic mass is 9.97. The summed E-state index contributed by atoms with van der Waals surface area (Å²) in [6.07, 6.45) is 4.78. The molecular formula is C13H23N3O.